The number of benzene rings is 8. The molecule has 0 bridgehead atoms. The number of hydrogen-bond donors (Lipinski definition) is 0. The van der Waals surface area contributed by atoms with Crippen LogP contribution in [-0.2, 0) is 21.1 Å². The minimum atomic E-state index is -0.572. The molecule has 8 aromatic carbocycles. The summed E-state index contributed by atoms with van der Waals surface area (Å²) in [5.74, 6) is 1.81. The summed E-state index contributed by atoms with van der Waals surface area (Å²) in [6.45, 7) is 6.20. The van der Waals surface area contributed by atoms with Gasteiger partial charge in [-0.1, -0.05) is 159 Å². The molecule has 0 saturated carbocycles. The van der Waals surface area contributed by atoms with E-state index in [1.54, 1.807) is 33.4 Å². The zero-order chi connectivity index (χ0) is 51.1. The first-order valence-corrected chi connectivity index (χ1v) is 20.6. The predicted molar refractivity (Wildman–Crippen MR) is 255 cm³/mol. The van der Waals surface area contributed by atoms with Gasteiger partial charge in [-0.05, 0) is 86.6 Å². The van der Waals surface area contributed by atoms with E-state index in [1.807, 2.05) is 79.9 Å². The fourth-order valence-corrected chi connectivity index (χ4v) is 8.31. The van der Waals surface area contributed by atoms with Crippen LogP contribution in [-0.4, -0.2) is 14.1 Å². The number of hydrogen-bond acceptors (Lipinski definition) is 2. The first-order valence-electron chi connectivity index (χ1n) is 25.6. The van der Waals surface area contributed by atoms with Crippen molar-refractivity contribution in [2.75, 3.05) is 0 Å². The maximum atomic E-state index is 9.06. The van der Waals surface area contributed by atoms with Gasteiger partial charge in [0.2, 0.25) is 0 Å². The predicted octanol–water partition coefficient (Wildman–Crippen LogP) is 14.0. The van der Waals surface area contributed by atoms with Crippen molar-refractivity contribution in [1.82, 2.24) is 14.1 Å². The summed E-state index contributed by atoms with van der Waals surface area (Å²) >= 11 is 0. The van der Waals surface area contributed by atoms with E-state index in [0.717, 1.165) is 49.9 Å². The van der Waals surface area contributed by atoms with E-state index in [9.17, 15) is 0 Å². The van der Waals surface area contributed by atoms with Crippen molar-refractivity contribution in [3.05, 3.63) is 224 Å². The van der Waals surface area contributed by atoms with E-state index in [0.29, 0.717) is 28.2 Å². The Kier molecular flexibility index (Phi) is 8.19. The molecule has 0 radical (unpaired) electrons. The Labute approximate surface area is 401 Å². The topological polar surface area (TPSA) is 35.9 Å². The molecule has 3 aromatic heterocycles. The second kappa shape index (κ2) is 17.1. The third-order valence-electron chi connectivity index (χ3n) is 11.3. The van der Waals surface area contributed by atoms with Crippen LogP contribution in [0.15, 0.2) is 194 Å². The van der Waals surface area contributed by atoms with Gasteiger partial charge in [0, 0.05) is 44.3 Å². The molecular formula is C58H42N4OPt-2. The Hall–Kier alpha value is -7.33. The number of ether oxygens (including phenoxy) is 1. The Balaban J connectivity index is 0.00000626. The van der Waals surface area contributed by atoms with E-state index >= 15 is 0 Å². The van der Waals surface area contributed by atoms with Gasteiger partial charge in [0.05, 0.1) is 30.4 Å². The molecule has 64 heavy (non-hydrogen) atoms. The Morgan fingerprint density at radius 1 is 0.625 bits per heavy atom. The Morgan fingerprint density at radius 2 is 1.33 bits per heavy atom. The molecule has 5 nitrogen and oxygen atoms in total. The fraction of sp³-hybridized carbons (Fsp3) is 0.0690. The molecule has 11 aromatic rings. The molecule has 0 N–H and O–H groups in total. The van der Waals surface area contributed by atoms with Crippen LogP contribution in [0.4, 0.5) is 0 Å². The van der Waals surface area contributed by atoms with Crippen molar-refractivity contribution in [3.8, 4) is 62.1 Å². The summed E-state index contributed by atoms with van der Waals surface area (Å²) in [7, 11) is 0. The minimum Gasteiger partial charge on any atom is -0.510 e. The van der Waals surface area contributed by atoms with Crippen LogP contribution in [0.25, 0.3) is 83.4 Å². The molecule has 0 unspecified atom stereocenters. The molecule has 312 valence electrons. The molecular weight excluding hydrogens is 964 g/mol. The molecule has 0 amide bonds. The summed E-state index contributed by atoms with van der Waals surface area (Å²) < 4.78 is 99.5. The van der Waals surface area contributed by atoms with Gasteiger partial charge in [0.25, 0.3) is 6.33 Å². The summed E-state index contributed by atoms with van der Waals surface area (Å²) in [5, 5.41) is 2.00. The smallest absolute Gasteiger partial charge is 0.268 e. The summed E-state index contributed by atoms with van der Waals surface area (Å²) in [6, 6.07) is 42.3. The monoisotopic (exact) mass is 1020 g/mol. The third-order valence-corrected chi connectivity index (χ3v) is 11.3. The Bertz CT molecular complexity index is 3940. The van der Waals surface area contributed by atoms with Gasteiger partial charge in [0.1, 0.15) is 5.82 Å². The second-order valence-corrected chi connectivity index (χ2v) is 15.5. The van der Waals surface area contributed by atoms with Gasteiger partial charge in [-0.3, -0.25) is 4.57 Å². The molecule has 6 heteroatoms. The molecule has 11 rings (SSSR count). The van der Waals surface area contributed by atoms with Crippen molar-refractivity contribution in [2.24, 2.45) is 0 Å². The molecule has 0 saturated heterocycles. The van der Waals surface area contributed by atoms with Crippen LogP contribution in [0.3, 0.4) is 0 Å². The van der Waals surface area contributed by atoms with Gasteiger partial charge in [-0.25, -0.2) is 4.98 Å². The average molecular weight is 1020 g/mol. The van der Waals surface area contributed by atoms with Crippen molar-refractivity contribution in [1.29, 1.82) is 0 Å². The number of aromatic nitrogens is 4. The molecule has 3 heterocycles. The molecule has 0 aliphatic carbocycles. The number of rotatable bonds is 9. The van der Waals surface area contributed by atoms with Crippen LogP contribution < -0.4 is 9.30 Å². The van der Waals surface area contributed by atoms with Crippen LogP contribution in [0, 0.1) is 25.4 Å². The van der Waals surface area contributed by atoms with E-state index < -0.39 is 60.4 Å². The van der Waals surface area contributed by atoms with Gasteiger partial charge < -0.3 is 13.9 Å². The molecule has 0 fully saturated rings. The average Bonchev–Trinajstić information content (AvgIpc) is 3.96. The molecule has 0 atom stereocenters. The molecule has 0 aliphatic heterocycles. The van der Waals surface area contributed by atoms with Crippen LogP contribution >= 0.6 is 0 Å². The number of fused-ring (bicyclic) bond motifs is 4. The van der Waals surface area contributed by atoms with Gasteiger partial charge in [-0.2, -0.15) is 18.2 Å². The maximum Gasteiger partial charge on any atom is 0.268 e. The van der Waals surface area contributed by atoms with Gasteiger partial charge in [0.15, 0.2) is 0 Å². The fourth-order valence-electron chi connectivity index (χ4n) is 8.31. The van der Waals surface area contributed by atoms with Gasteiger partial charge >= 0.3 is 0 Å². The van der Waals surface area contributed by atoms with E-state index in [-0.39, 0.29) is 54.9 Å². The largest absolute Gasteiger partial charge is 0.510 e. The van der Waals surface area contributed by atoms with Crippen LogP contribution in [0.2, 0.25) is 0 Å². The van der Waals surface area contributed by atoms with Crippen molar-refractivity contribution >= 4 is 32.8 Å². The molecule has 0 aliphatic rings. The maximum absolute atomic E-state index is 9.06. The zero-order valence-electron chi connectivity index (χ0n) is 44.8. The van der Waals surface area contributed by atoms with Crippen molar-refractivity contribution in [2.45, 2.75) is 26.7 Å². The SMILES string of the molecule is [2H]c1c([2H])c([2H])c(-c2cccc(-c3c([2H])c([2H])c([2H])c([2H])c3[2H])c2-[n+]2[c-]n(-c3[c-]c(Oc4[c-]c5c(cc4)c4cc(-c6ccccc6)ccc4n5-c4cc(C(C)C)ccn4)ccc3)c3cccc(C)c32)c([2H])c1[2H].[Pt]. The van der Waals surface area contributed by atoms with E-state index in [1.165, 1.54) is 0 Å². The molecule has 0 spiro atoms. The first-order chi connectivity index (χ1) is 35.1. The minimum absolute atomic E-state index is 0. The number of nitrogens with zero attached hydrogens (tertiary/aromatic N) is 4. The summed E-state index contributed by atoms with van der Waals surface area (Å²) in [6.07, 6.45) is 5.28. The normalized spacial score (nSPS) is 13.6. The Morgan fingerprint density at radius 3 is 2.06 bits per heavy atom. The summed E-state index contributed by atoms with van der Waals surface area (Å²) in [4.78, 5) is 4.85. The number of pyridine rings is 1. The van der Waals surface area contributed by atoms with E-state index in [4.69, 9.17) is 23.4 Å². The third kappa shape index (κ3) is 7.32. The first kappa shape index (κ1) is 30.7. The zero-order valence-corrected chi connectivity index (χ0v) is 37.1. The van der Waals surface area contributed by atoms with Gasteiger partial charge in [-0.15, -0.1) is 29.7 Å². The van der Waals surface area contributed by atoms with E-state index in [2.05, 4.69) is 73.3 Å². The number of imidazole rings is 1. The number of para-hydroxylation sites is 2. The quantitative estimate of drug-likeness (QED) is 0.107. The van der Waals surface area contributed by atoms with Crippen molar-refractivity contribution in [3.63, 3.8) is 0 Å². The second-order valence-electron chi connectivity index (χ2n) is 15.5. The van der Waals surface area contributed by atoms with Crippen LogP contribution in [0.5, 0.6) is 11.5 Å². The summed E-state index contributed by atoms with van der Waals surface area (Å²) in [5.41, 5.74) is 7.71. The van der Waals surface area contributed by atoms with Crippen molar-refractivity contribution < 1.29 is 44.1 Å². The standard InChI is InChI=1S/C58H42N4O.Pt/c1-39(2)44-32-33-59-56(35-44)62-53-31-28-45(41-17-7-4-8-18-41)34-52(53)51-30-29-48(37-55(51)62)63-47-24-14-23-46(36-47)60-38-61(57-40(3)16-13-27-54(57)60)58-49(42-19-9-5-10-20-42)25-15-26-50(58)43-21-11-6-12-22-43;/h4-35,39H,1-3H3;/q-2;/i5D,6D,9D,10D,11D,12D,19D,20D,21D,22D;. The number of aryl methyl sites for hydroxylation is 1. The van der Waals surface area contributed by atoms with Crippen LogP contribution in [0.1, 0.15) is 44.6 Å².